The van der Waals surface area contributed by atoms with E-state index in [4.69, 9.17) is 9.72 Å². The van der Waals surface area contributed by atoms with Crippen LogP contribution in [-0.2, 0) is 0 Å². The fourth-order valence-electron chi connectivity index (χ4n) is 5.46. The second-order valence-electron chi connectivity index (χ2n) is 11.1. The molecule has 0 bridgehead atoms. The van der Waals surface area contributed by atoms with Crippen molar-refractivity contribution in [1.29, 1.82) is 0 Å². The molecule has 1 saturated carbocycles. The quantitative estimate of drug-likeness (QED) is 0.201. The summed E-state index contributed by atoms with van der Waals surface area (Å²) in [7, 11) is 2.17. The lowest BCUT2D eigenvalue weighted by Crippen LogP contribution is -2.44. The Morgan fingerprint density at radius 3 is 2.40 bits per heavy atom. The number of likely N-dealkylation sites (N-methyl/N-ethyl adjacent to an activating group) is 1. The Balaban J connectivity index is 1.25. The standard InChI is InChI=1S/C32H34FN7OS/c1-3-18-41-25-12-6-22(7-13-25)31-36-37-32(42-31)35-26-19-27-29(20-28(26)39-16-14-38(2)15-17-39)40(24-10-11-24)30(34-27)21-4-8-23(33)9-5-21/h4-9,12-13,19-20,24H,3,10-11,14-18H2,1-2H3,(H,35,37). The van der Waals surface area contributed by atoms with Crippen LogP contribution in [0.25, 0.3) is 33.0 Å². The Kier molecular flexibility index (Phi) is 7.25. The molecule has 1 aliphatic carbocycles. The molecule has 2 fully saturated rings. The second kappa shape index (κ2) is 11.3. The molecule has 0 spiro atoms. The topological polar surface area (TPSA) is 71.3 Å². The van der Waals surface area contributed by atoms with Gasteiger partial charge < -0.3 is 24.4 Å². The summed E-state index contributed by atoms with van der Waals surface area (Å²) in [4.78, 5) is 9.89. The molecule has 8 nitrogen and oxygen atoms in total. The van der Waals surface area contributed by atoms with Crippen molar-refractivity contribution in [2.75, 3.05) is 50.1 Å². The SMILES string of the molecule is CCCOc1ccc(-c2nnc(Nc3cc4nc(-c5ccc(F)cc5)n(C5CC5)c4cc3N3CCN(C)CC3)s2)cc1. The molecule has 0 radical (unpaired) electrons. The van der Waals surface area contributed by atoms with Crippen LogP contribution < -0.4 is 15.0 Å². The van der Waals surface area contributed by atoms with Gasteiger partial charge in [-0.25, -0.2) is 9.37 Å². The van der Waals surface area contributed by atoms with E-state index in [1.807, 2.05) is 36.4 Å². The van der Waals surface area contributed by atoms with Crippen molar-refractivity contribution >= 4 is 38.9 Å². The highest BCUT2D eigenvalue weighted by Gasteiger charge is 2.30. The maximum absolute atomic E-state index is 13.7. The molecule has 5 aromatic rings. The van der Waals surface area contributed by atoms with Crippen LogP contribution in [0.2, 0.25) is 0 Å². The first-order valence-corrected chi connectivity index (χ1v) is 15.5. The van der Waals surface area contributed by atoms with Gasteiger partial charge in [-0.05, 0) is 87.0 Å². The van der Waals surface area contributed by atoms with Crippen LogP contribution in [0, 0.1) is 5.82 Å². The second-order valence-corrected chi connectivity index (χ2v) is 12.1. The van der Waals surface area contributed by atoms with E-state index < -0.39 is 0 Å². The third-order valence-electron chi connectivity index (χ3n) is 7.91. The molecule has 7 rings (SSSR count). The van der Waals surface area contributed by atoms with Crippen molar-refractivity contribution in [1.82, 2.24) is 24.6 Å². The number of imidazole rings is 1. The smallest absolute Gasteiger partial charge is 0.210 e. The van der Waals surface area contributed by atoms with Gasteiger partial charge in [0.25, 0.3) is 0 Å². The molecule has 216 valence electrons. The molecular weight excluding hydrogens is 549 g/mol. The van der Waals surface area contributed by atoms with E-state index in [1.165, 1.54) is 23.5 Å². The van der Waals surface area contributed by atoms with E-state index in [-0.39, 0.29) is 5.82 Å². The van der Waals surface area contributed by atoms with Crippen LogP contribution in [0.1, 0.15) is 32.2 Å². The molecule has 42 heavy (non-hydrogen) atoms. The molecule has 1 saturated heterocycles. The van der Waals surface area contributed by atoms with Crippen molar-refractivity contribution in [3.8, 4) is 27.7 Å². The molecule has 2 aliphatic rings. The lowest BCUT2D eigenvalue weighted by Gasteiger charge is -2.35. The first-order valence-electron chi connectivity index (χ1n) is 14.6. The van der Waals surface area contributed by atoms with Crippen LogP contribution in [0.3, 0.4) is 0 Å². The van der Waals surface area contributed by atoms with E-state index >= 15 is 0 Å². The van der Waals surface area contributed by atoms with Gasteiger partial charge in [0.1, 0.15) is 22.4 Å². The third kappa shape index (κ3) is 5.44. The van der Waals surface area contributed by atoms with E-state index in [2.05, 4.69) is 56.0 Å². The van der Waals surface area contributed by atoms with Crippen LogP contribution in [0.5, 0.6) is 5.75 Å². The number of hydrogen-bond acceptors (Lipinski definition) is 8. The number of nitrogens with zero attached hydrogens (tertiary/aromatic N) is 6. The van der Waals surface area contributed by atoms with Crippen molar-refractivity contribution < 1.29 is 9.13 Å². The minimum absolute atomic E-state index is 0.242. The van der Waals surface area contributed by atoms with Gasteiger partial charge in [-0.1, -0.05) is 18.3 Å². The number of ether oxygens (including phenoxy) is 1. The first-order chi connectivity index (χ1) is 20.6. The number of benzene rings is 3. The highest BCUT2D eigenvalue weighted by Crippen LogP contribution is 2.44. The monoisotopic (exact) mass is 583 g/mol. The molecule has 1 aliphatic heterocycles. The van der Waals surface area contributed by atoms with Gasteiger partial charge in [0.2, 0.25) is 5.13 Å². The Hall–Kier alpha value is -4.02. The van der Waals surface area contributed by atoms with Crippen LogP contribution in [0.4, 0.5) is 20.9 Å². The van der Waals surface area contributed by atoms with Crippen LogP contribution in [0.15, 0.2) is 60.7 Å². The Morgan fingerprint density at radius 2 is 1.69 bits per heavy atom. The number of fused-ring (bicyclic) bond motifs is 1. The van der Waals surface area contributed by atoms with Gasteiger partial charge in [-0.3, -0.25) is 0 Å². The maximum atomic E-state index is 13.7. The van der Waals surface area contributed by atoms with Crippen molar-refractivity contribution in [3.63, 3.8) is 0 Å². The number of nitrogens with one attached hydrogen (secondary N) is 1. The fraction of sp³-hybridized carbons (Fsp3) is 0.344. The molecule has 0 unspecified atom stereocenters. The Morgan fingerprint density at radius 1 is 0.952 bits per heavy atom. The predicted molar refractivity (Wildman–Crippen MR) is 168 cm³/mol. The Labute approximate surface area is 248 Å². The number of aromatic nitrogens is 4. The van der Waals surface area contributed by atoms with E-state index in [1.54, 1.807) is 0 Å². The molecular formula is C32H34FN7OS. The van der Waals surface area contributed by atoms with E-state index in [0.717, 1.165) is 101 Å². The molecule has 3 heterocycles. The fourth-order valence-corrected chi connectivity index (χ4v) is 6.23. The molecule has 1 N–H and O–H groups in total. The zero-order valence-electron chi connectivity index (χ0n) is 23.9. The summed E-state index contributed by atoms with van der Waals surface area (Å²) in [6, 6.07) is 19.5. The summed E-state index contributed by atoms with van der Waals surface area (Å²) in [6.07, 6.45) is 3.23. The minimum atomic E-state index is -0.242. The van der Waals surface area contributed by atoms with Crippen molar-refractivity contribution in [2.45, 2.75) is 32.2 Å². The molecule has 3 aromatic carbocycles. The summed E-state index contributed by atoms with van der Waals surface area (Å²) in [5, 5.41) is 14.1. The maximum Gasteiger partial charge on any atom is 0.210 e. The van der Waals surface area contributed by atoms with E-state index in [0.29, 0.717) is 12.6 Å². The average Bonchev–Trinajstić information content (AvgIpc) is 3.62. The van der Waals surface area contributed by atoms with Crippen molar-refractivity contribution in [2.24, 2.45) is 0 Å². The zero-order valence-corrected chi connectivity index (χ0v) is 24.7. The first kappa shape index (κ1) is 26.9. The number of anilines is 3. The summed E-state index contributed by atoms with van der Waals surface area (Å²) in [5.41, 5.74) is 6.05. The van der Waals surface area contributed by atoms with E-state index in [9.17, 15) is 4.39 Å². The predicted octanol–water partition coefficient (Wildman–Crippen LogP) is 6.98. The normalized spacial score (nSPS) is 15.8. The number of rotatable bonds is 9. The van der Waals surface area contributed by atoms with Gasteiger partial charge in [0.05, 0.1) is 29.0 Å². The van der Waals surface area contributed by atoms with Gasteiger partial charge in [0, 0.05) is 43.3 Å². The average molecular weight is 584 g/mol. The highest BCUT2D eigenvalue weighted by molar-refractivity contribution is 7.18. The van der Waals surface area contributed by atoms with Crippen molar-refractivity contribution in [3.05, 3.63) is 66.5 Å². The molecule has 2 aromatic heterocycles. The molecule has 10 heteroatoms. The highest BCUT2D eigenvalue weighted by atomic mass is 32.1. The Bertz CT molecular complexity index is 1690. The summed E-state index contributed by atoms with van der Waals surface area (Å²) < 4.78 is 21.8. The molecule has 0 amide bonds. The number of piperazine rings is 1. The van der Waals surface area contributed by atoms with Crippen LogP contribution >= 0.6 is 11.3 Å². The lowest BCUT2D eigenvalue weighted by atomic mass is 10.2. The summed E-state index contributed by atoms with van der Waals surface area (Å²) >= 11 is 1.53. The van der Waals surface area contributed by atoms with Gasteiger partial charge >= 0.3 is 0 Å². The zero-order chi connectivity index (χ0) is 28.6. The number of halogens is 1. The minimum Gasteiger partial charge on any atom is -0.494 e. The summed E-state index contributed by atoms with van der Waals surface area (Å²) in [6.45, 7) is 6.68. The molecule has 0 atom stereocenters. The number of hydrogen-bond donors (Lipinski definition) is 1. The lowest BCUT2D eigenvalue weighted by molar-refractivity contribution is 0.313. The van der Waals surface area contributed by atoms with Crippen LogP contribution in [-0.4, -0.2) is 64.5 Å². The van der Waals surface area contributed by atoms with Gasteiger partial charge in [-0.15, -0.1) is 10.2 Å². The summed E-state index contributed by atoms with van der Waals surface area (Å²) in [5.74, 6) is 1.51. The largest absolute Gasteiger partial charge is 0.494 e. The van der Waals surface area contributed by atoms with Gasteiger partial charge in [-0.2, -0.15) is 0 Å². The van der Waals surface area contributed by atoms with Gasteiger partial charge in [0.15, 0.2) is 0 Å². The third-order valence-corrected chi connectivity index (χ3v) is 8.79.